The zero-order valence-corrected chi connectivity index (χ0v) is 20.7. The van der Waals surface area contributed by atoms with Crippen LogP contribution in [0.3, 0.4) is 0 Å². The molecule has 9 heteroatoms. The third-order valence-corrected chi connectivity index (χ3v) is 6.19. The number of halogens is 3. The molecule has 1 heterocycles. The van der Waals surface area contributed by atoms with Crippen molar-refractivity contribution in [2.75, 3.05) is 46.1 Å². The van der Waals surface area contributed by atoms with Crippen LogP contribution >= 0.6 is 35.6 Å². The van der Waals surface area contributed by atoms with Crippen molar-refractivity contribution in [1.29, 1.82) is 0 Å². The van der Waals surface area contributed by atoms with Gasteiger partial charge in [0.25, 0.3) is 0 Å². The van der Waals surface area contributed by atoms with Crippen molar-refractivity contribution in [1.82, 2.24) is 10.2 Å². The molecule has 3 rings (SSSR count). The first-order valence-electron chi connectivity index (χ1n) is 10.4. The third-order valence-electron chi connectivity index (χ3n) is 5.56. The van der Waals surface area contributed by atoms with E-state index in [1.54, 1.807) is 14.2 Å². The maximum Gasteiger partial charge on any atom is 0.227 e. The van der Waals surface area contributed by atoms with Crippen molar-refractivity contribution < 1.29 is 14.3 Å². The van der Waals surface area contributed by atoms with Gasteiger partial charge in [-0.05, 0) is 73.3 Å². The molecular formula is C23H30Cl3N3O3. The number of nitrogens with one attached hydrogen (secondary N) is 1. The number of carbonyl (C=O) groups is 1. The highest BCUT2D eigenvalue weighted by atomic mass is 35.5. The molecule has 0 bridgehead atoms. The second kappa shape index (κ2) is 12.4. The number of rotatable bonds is 9. The molecule has 0 radical (unpaired) electrons. The van der Waals surface area contributed by atoms with Crippen LogP contribution in [-0.4, -0.2) is 51.2 Å². The summed E-state index contributed by atoms with van der Waals surface area (Å²) in [6, 6.07) is 7.61. The molecule has 0 aliphatic carbocycles. The predicted molar refractivity (Wildman–Crippen MR) is 133 cm³/mol. The van der Waals surface area contributed by atoms with Gasteiger partial charge in [0.1, 0.15) is 0 Å². The lowest BCUT2D eigenvalue weighted by Gasteiger charge is -2.20. The summed E-state index contributed by atoms with van der Waals surface area (Å²) in [5.41, 5.74) is 9.40. The van der Waals surface area contributed by atoms with Crippen molar-refractivity contribution in [2.24, 2.45) is 0 Å². The quantitative estimate of drug-likeness (QED) is 0.398. The van der Waals surface area contributed by atoms with Gasteiger partial charge >= 0.3 is 0 Å². The van der Waals surface area contributed by atoms with Gasteiger partial charge in [-0.25, -0.2) is 0 Å². The normalized spacial score (nSPS) is 13.2. The topological polar surface area (TPSA) is 76.8 Å². The van der Waals surface area contributed by atoms with Gasteiger partial charge in [0.15, 0.2) is 11.5 Å². The molecule has 0 saturated heterocycles. The minimum absolute atomic E-state index is 0. The minimum atomic E-state index is 0. The number of anilines is 1. The third kappa shape index (κ3) is 6.58. The van der Waals surface area contributed by atoms with E-state index in [9.17, 15) is 4.79 Å². The Balaban J connectivity index is 0.00000363. The molecule has 0 spiro atoms. The lowest BCUT2D eigenvalue weighted by molar-refractivity contribution is -0.130. The van der Waals surface area contributed by atoms with E-state index < -0.39 is 0 Å². The highest BCUT2D eigenvalue weighted by Crippen LogP contribution is 2.32. The number of fused-ring (bicyclic) bond motifs is 1. The van der Waals surface area contributed by atoms with E-state index in [1.807, 2.05) is 29.2 Å². The first-order chi connectivity index (χ1) is 14.9. The highest BCUT2D eigenvalue weighted by molar-refractivity contribution is 6.38. The molecule has 3 N–H and O–H groups in total. The molecule has 32 heavy (non-hydrogen) atoms. The standard InChI is InChI=1S/C23H29Cl2N3O3.ClH/c1-30-20-12-16-5-9-28(22(29)14-17(16)13-21(20)31-2)8-3-6-27-7-4-15-10-18(24)23(26)19(25)11-15;/h10-13,27H,3-9,14,26H2,1-2H3;1H. The first-order valence-corrected chi connectivity index (χ1v) is 11.1. The smallest absolute Gasteiger partial charge is 0.227 e. The number of nitrogen functional groups attached to an aromatic ring is 1. The Labute approximate surface area is 205 Å². The van der Waals surface area contributed by atoms with Gasteiger partial charge < -0.3 is 25.4 Å². The Hall–Kier alpha value is -1.86. The van der Waals surface area contributed by atoms with Crippen LogP contribution in [0.2, 0.25) is 10.0 Å². The summed E-state index contributed by atoms with van der Waals surface area (Å²) >= 11 is 12.2. The molecule has 1 amide bonds. The van der Waals surface area contributed by atoms with Crippen LogP contribution in [-0.2, 0) is 24.1 Å². The van der Waals surface area contributed by atoms with Crippen LogP contribution in [0.5, 0.6) is 11.5 Å². The molecule has 1 aliphatic heterocycles. The van der Waals surface area contributed by atoms with Crippen molar-refractivity contribution in [3.05, 3.63) is 51.0 Å². The Morgan fingerprint density at radius 1 is 1.03 bits per heavy atom. The largest absolute Gasteiger partial charge is 0.493 e. The first kappa shape index (κ1) is 26.4. The number of methoxy groups -OCH3 is 2. The van der Waals surface area contributed by atoms with E-state index in [1.165, 1.54) is 0 Å². The van der Waals surface area contributed by atoms with Crippen LogP contribution < -0.4 is 20.5 Å². The summed E-state index contributed by atoms with van der Waals surface area (Å²) in [4.78, 5) is 14.7. The second-order valence-electron chi connectivity index (χ2n) is 7.61. The van der Waals surface area contributed by atoms with E-state index in [0.29, 0.717) is 40.2 Å². The molecule has 0 atom stereocenters. The van der Waals surface area contributed by atoms with E-state index >= 15 is 0 Å². The number of ether oxygens (including phenoxy) is 2. The lowest BCUT2D eigenvalue weighted by atomic mass is 10.0. The summed E-state index contributed by atoms with van der Waals surface area (Å²) in [5.74, 6) is 1.52. The van der Waals surface area contributed by atoms with E-state index in [0.717, 1.165) is 55.6 Å². The molecule has 176 valence electrons. The maximum atomic E-state index is 12.7. The lowest BCUT2D eigenvalue weighted by Crippen LogP contribution is -2.34. The Bertz CT molecular complexity index is 917. The monoisotopic (exact) mass is 501 g/mol. The molecule has 2 aromatic rings. The zero-order chi connectivity index (χ0) is 22.4. The number of amides is 1. The zero-order valence-electron chi connectivity index (χ0n) is 18.4. The average molecular weight is 503 g/mol. The van der Waals surface area contributed by atoms with Gasteiger partial charge in [-0.15, -0.1) is 12.4 Å². The fourth-order valence-electron chi connectivity index (χ4n) is 3.79. The number of carbonyl (C=O) groups excluding carboxylic acids is 1. The van der Waals surface area contributed by atoms with E-state index in [2.05, 4.69) is 5.32 Å². The van der Waals surface area contributed by atoms with Crippen molar-refractivity contribution in [3.8, 4) is 11.5 Å². The second-order valence-corrected chi connectivity index (χ2v) is 8.42. The summed E-state index contributed by atoms with van der Waals surface area (Å²) in [6.07, 6.45) is 2.90. The molecule has 1 aliphatic rings. The van der Waals surface area contributed by atoms with Gasteiger partial charge in [-0.2, -0.15) is 0 Å². The Morgan fingerprint density at radius 3 is 2.28 bits per heavy atom. The summed E-state index contributed by atoms with van der Waals surface area (Å²) in [6.45, 7) is 3.07. The highest BCUT2D eigenvalue weighted by Gasteiger charge is 2.22. The van der Waals surface area contributed by atoms with Crippen LogP contribution in [0.4, 0.5) is 5.69 Å². The Morgan fingerprint density at radius 2 is 1.66 bits per heavy atom. The number of hydrogen-bond donors (Lipinski definition) is 2. The molecule has 6 nitrogen and oxygen atoms in total. The van der Waals surface area contributed by atoms with Crippen LogP contribution in [0.1, 0.15) is 23.1 Å². The SMILES string of the molecule is COc1cc2c(cc1OC)CC(=O)N(CCCNCCc1cc(Cl)c(N)c(Cl)c1)CC2.Cl. The number of hydrogen-bond acceptors (Lipinski definition) is 5. The minimum Gasteiger partial charge on any atom is -0.493 e. The molecule has 0 unspecified atom stereocenters. The fraction of sp³-hybridized carbons (Fsp3) is 0.435. The number of benzene rings is 2. The van der Waals surface area contributed by atoms with Gasteiger partial charge in [0.05, 0.1) is 36.4 Å². The number of nitrogens with two attached hydrogens (primary N) is 1. The summed E-state index contributed by atoms with van der Waals surface area (Å²) in [5, 5.41) is 4.39. The molecular weight excluding hydrogens is 473 g/mol. The predicted octanol–water partition coefficient (Wildman–Crippen LogP) is 4.16. The fourth-order valence-corrected chi connectivity index (χ4v) is 4.32. The summed E-state index contributed by atoms with van der Waals surface area (Å²) in [7, 11) is 3.24. The Kier molecular flexibility index (Phi) is 10.2. The van der Waals surface area contributed by atoms with Crippen molar-refractivity contribution in [3.63, 3.8) is 0 Å². The van der Waals surface area contributed by atoms with E-state index in [4.69, 9.17) is 38.4 Å². The summed E-state index contributed by atoms with van der Waals surface area (Å²) < 4.78 is 10.8. The molecule has 0 aromatic heterocycles. The van der Waals surface area contributed by atoms with Gasteiger partial charge in [0, 0.05) is 13.1 Å². The van der Waals surface area contributed by atoms with Gasteiger partial charge in [0.2, 0.25) is 5.91 Å². The molecule has 0 saturated carbocycles. The van der Waals surface area contributed by atoms with E-state index in [-0.39, 0.29) is 18.3 Å². The average Bonchev–Trinajstić information content (AvgIpc) is 2.91. The van der Waals surface area contributed by atoms with Gasteiger partial charge in [-0.3, -0.25) is 4.79 Å². The van der Waals surface area contributed by atoms with Crippen LogP contribution in [0.15, 0.2) is 24.3 Å². The van der Waals surface area contributed by atoms with Gasteiger partial charge in [-0.1, -0.05) is 23.2 Å². The maximum absolute atomic E-state index is 12.7. The molecule has 0 fully saturated rings. The van der Waals surface area contributed by atoms with Crippen molar-refractivity contribution >= 4 is 47.2 Å². The molecule has 2 aromatic carbocycles. The van der Waals surface area contributed by atoms with Crippen LogP contribution in [0, 0.1) is 0 Å². The van der Waals surface area contributed by atoms with Crippen molar-refractivity contribution in [2.45, 2.75) is 25.7 Å². The number of nitrogens with zero attached hydrogens (tertiary/aromatic N) is 1. The van der Waals surface area contributed by atoms with Crippen LogP contribution in [0.25, 0.3) is 0 Å².